The number of amides is 1. The Morgan fingerprint density at radius 1 is 1.26 bits per heavy atom. The second-order valence-corrected chi connectivity index (χ2v) is 10.5. The first-order valence-electron chi connectivity index (χ1n) is 10.6. The summed E-state index contributed by atoms with van der Waals surface area (Å²) >= 11 is 5.11. The maximum atomic E-state index is 14.3. The van der Waals surface area contributed by atoms with Gasteiger partial charge in [-0.05, 0) is 74.0 Å². The number of nitrogens with one attached hydrogen (secondary N) is 2. The van der Waals surface area contributed by atoms with E-state index in [-0.39, 0.29) is 24.2 Å². The lowest BCUT2D eigenvalue weighted by molar-refractivity contribution is -0.122. The summed E-state index contributed by atoms with van der Waals surface area (Å²) in [6, 6.07) is 6.19. The molecule has 1 fully saturated rings. The number of alkyl halides is 3. The Kier molecular flexibility index (Phi) is 7.97. The van der Waals surface area contributed by atoms with Crippen LogP contribution in [0.1, 0.15) is 55.3 Å². The van der Waals surface area contributed by atoms with Gasteiger partial charge >= 0.3 is 5.38 Å². The van der Waals surface area contributed by atoms with Gasteiger partial charge in [-0.25, -0.2) is 17.8 Å². The summed E-state index contributed by atoms with van der Waals surface area (Å²) in [5.74, 6) is -2.07. The number of aromatic nitrogens is 1. The molecule has 0 spiro atoms. The number of carbonyl (C=O) groups excluding carboxylic acids is 1. The Balaban J connectivity index is 1.72. The first-order valence-corrected chi connectivity index (χ1v) is 12.9. The maximum absolute atomic E-state index is 14.3. The minimum Gasteiger partial charge on any atom is -0.474 e. The van der Waals surface area contributed by atoms with Crippen molar-refractivity contribution in [3.63, 3.8) is 0 Å². The van der Waals surface area contributed by atoms with Crippen molar-refractivity contribution in [2.24, 2.45) is 0 Å². The van der Waals surface area contributed by atoms with E-state index in [2.05, 4.69) is 15.0 Å². The Morgan fingerprint density at radius 2 is 1.94 bits per heavy atom. The van der Waals surface area contributed by atoms with Gasteiger partial charge in [-0.15, -0.1) is 0 Å². The van der Waals surface area contributed by atoms with E-state index in [0.717, 1.165) is 44.1 Å². The van der Waals surface area contributed by atoms with E-state index >= 15 is 0 Å². The number of pyridine rings is 1. The van der Waals surface area contributed by atoms with Crippen molar-refractivity contribution >= 4 is 33.2 Å². The van der Waals surface area contributed by atoms with Crippen LogP contribution >= 0.6 is 11.6 Å². The van der Waals surface area contributed by atoms with Gasteiger partial charge in [0.1, 0.15) is 17.6 Å². The quantitative estimate of drug-likeness (QED) is 0.471. The van der Waals surface area contributed by atoms with E-state index in [9.17, 15) is 26.4 Å². The number of hydrogen-bond acceptors (Lipinski definition) is 5. The molecule has 0 radical (unpaired) electrons. The molecular formula is C22H25ClF3N3O4S. The highest BCUT2D eigenvalue weighted by atomic mass is 35.5. The molecule has 1 aliphatic rings. The number of benzene rings is 1. The zero-order chi connectivity index (χ0) is 25.1. The standard InChI is InChI=1S/C22H25ClF3N3O4S/c1-13(14-7-9-18(17(24)11-14)29-34(2,31)32)20(30)27-12-15-8-10-19(22(23,25)26)28-21(15)33-16-5-3-4-6-16/h7-11,13,16,29H,3-6,12H2,1-2H3,(H,27,30). The molecule has 2 aromatic rings. The second kappa shape index (κ2) is 10.4. The molecule has 186 valence electrons. The molecule has 1 atom stereocenters. The van der Waals surface area contributed by atoms with E-state index in [1.54, 1.807) is 6.92 Å². The highest BCUT2D eigenvalue weighted by Gasteiger charge is 2.31. The lowest BCUT2D eigenvalue weighted by Gasteiger charge is -2.19. The molecule has 1 amide bonds. The monoisotopic (exact) mass is 519 g/mol. The van der Waals surface area contributed by atoms with Crippen LogP contribution in [0.15, 0.2) is 30.3 Å². The highest BCUT2D eigenvalue weighted by molar-refractivity contribution is 7.92. The summed E-state index contributed by atoms with van der Waals surface area (Å²) in [4.78, 5) is 16.6. The molecule has 1 unspecified atom stereocenters. The van der Waals surface area contributed by atoms with Gasteiger partial charge in [-0.2, -0.15) is 8.78 Å². The van der Waals surface area contributed by atoms with Gasteiger partial charge in [0.25, 0.3) is 0 Å². The van der Waals surface area contributed by atoms with E-state index in [4.69, 9.17) is 16.3 Å². The predicted octanol–water partition coefficient (Wildman–Crippen LogP) is 4.62. The van der Waals surface area contributed by atoms with Crippen molar-refractivity contribution in [3.8, 4) is 5.88 Å². The Morgan fingerprint density at radius 3 is 2.53 bits per heavy atom. The fourth-order valence-electron chi connectivity index (χ4n) is 3.60. The van der Waals surface area contributed by atoms with E-state index in [1.165, 1.54) is 18.2 Å². The Hall–Kier alpha value is -2.53. The third kappa shape index (κ3) is 6.99. The fourth-order valence-corrected chi connectivity index (χ4v) is 4.27. The molecule has 12 heteroatoms. The first-order chi connectivity index (χ1) is 15.8. The topological polar surface area (TPSA) is 97.4 Å². The van der Waals surface area contributed by atoms with Crippen LogP contribution in [0.3, 0.4) is 0 Å². The summed E-state index contributed by atoms with van der Waals surface area (Å²) in [5, 5.41) is -0.981. The normalized spacial score (nSPS) is 15.7. The van der Waals surface area contributed by atoms with Crippen molar-refractivity contribution in [1.82, 2.24) is 10.3 Å². The molecule has 1 aromatic carbocycles. The number of hydrogen-bond donors (Lipinski definition) is 2. The van der Waals surface area contributed by atoms with Crippen molar-refractivity contribution < 1.29 is 31.1 Å². The van der Waals surface area contributed by atoms with Crippen molar-refractivity contribution in [3.05, 3.63) is 53.0 Å². The smallest absolute Gasteiger partial charge is 0.364 e. The molecule has 1 aliphatic carbocycles. The molecule has 0 saturated heterocycles. The Labute approximate surface area is 201 Å². The molecule has 1 aromatic heterocycles. The molecular weight excluding hydrogens is 495 g/mol. The zero-order valence-electron chi connectivity index (χ0n) is 18.6. The summed E-state index contributed by atoms with van der Waals surface area (Å²) in [6.07, 6.45) is 4.24. The van der Waals surface area contributed by atoms with E-state index < -0.39 is 38.7 Å². The number of sulfonamides is 1. The number of nitrogens with zero attached hydrogens (tertiary/aromatic N) is 1. The number of anilines is 1. The van der Waals surface area contributed by atoms with Gasteiger partial charge in [-0.3, -0.25) is 9.52 Å². The molecule has 0 bridgehead atoms. The van der Waals surface area contributed by atoms with Crippen LogP contribution in [0.25, 0.3) is 0 Å². The second-order valence-electron chi connectivity index (χ2n) is 8.24. The highest BCUT2D eigenvalue weighted by Crippen LogP contribution is 2.34. The van der Waals surface area contributed by atoms with Gasteiger partial charge in [-0.1, -0.05) is 6.07 Å². The van der Waals surface area contributed by atoms with E-state index in [1.807, 2.05) is 0 Å². The SMILES string of the molecule is CC(C(=O)NCc1ccc(C(F)(F)Cl)nc1OC1CCCC1)c1ccc(NS(C)(=O)=O)c(F)c1. The van der Waals surface area contributed by atoms with Gasteiger partial charge < -0.3 is 10.1 Å². The molecule has 0 aliphatic heterocycles. The summed E-state index contributed by atoms with van der Waals surface area (Å²) in [5.41, 5.74) is -0.151. The van der Waals surface area contributed by atoms with Crippen molar-refractivity contribution in [2.45, 2.75) is 56.6 Å². The number of rotatable bonds is 9. The molecule has 1 saturated carbocycles. The van der Waals surface area contributed by atoms with Gasteiger partial charge in [0.15, 0.2) is 0 Å². The average molecular weight is 520 g/mol. The van der Waals surface area contributed by atoms with Crippen molar-refractivity contribution in [2.75, 3.05) is 11.0 Å². The minimum atomic E-state index is -3.66. The summed E-state index contributed by atoms with van der Waals surface area (Å²) in [7, 11) is -3.66. The first kappa shape index (κ1) is 26.1. The number of halogens is 4. The van der Waals surface area contributed by atoms with Crippen LogP contribution in [-0.2, 0) is 26.7 Å². The van der Waals surface area contributed by atoms with Crippen LogP contribution in [0.4, 0.5) is 18.9 Å². The van der Waals surface area contributed by atoms with Gasteiger partial charge in [0, 0.05) is 12.1 Å². The fraction of sp³-hybridized carbons (Fsp3) is 0.455. The van der Waals surface area contributed by atoms with Gasteiger partial charge in [0.2, 0.25) is 21.8 Å². The zero-order valence-corrected chi connectivity index (χ0v) is 20.1. The third-order valence-electron chi connectivity index (χ3n) is 5.44. The number of carbonyl (C=O) groups is 1. The van der Waals surface area contributed by atoms with Gasteiger partial charge in [0.05, 0.1) is 17.9 Å². The summed E-state index contributed by atoms with van der Waals surface area (Å²) in [6.45, 7) is 1.50. The molecule has 7 nitrogen and oxygen atoms in total. The molecule has 34 heavy (non-hydrogen) atoms. The van der Waals surface area contributed by atoms with Crippen LogP contribution in [0.5, 0.6) is 5.88 Å². The predicted molar refractivity (Wildman–Crippen MR) is 122 cm³/mol. The number of ether oxygens (including phenoxy) is 1. The maximum Gasteiger partial charge on any atom is 0.364 e. The average Bonchev–Trinajstić information content (AvgIpc) is 3.25. The molecule has 3 rings (SSSR count). The third-order valence-corrected chi connectivity index (χ3v) is 6.23. The lowest BCUT2D eigenvalue weighted by atomic mass is 9.99. The van der Waals surface area contributed by atoms with Crippen LogP contribution in [-0.4, -0.2) is 31.7 Å². The lowest BCUT2D eigenvalue weighted by Crippen LogP contribution is -2.28. The van der Waals surface area contributed by atoms with E-state index in [0.29, 0.717) is 11.1 Å². The molecule has 2 N–H and O–H groups in total. The van der Waals surface area contributed by atoms with Crippen LogP contribution in [0, 0.1) is 5.82 Å². The van der Waals surface area contributed by atoms with Crippen molar-refractivity contribution in [1.29, 1.82) is 0 Å². The van der Waals surface area contributed by atoms with Crippen LogP contribution < -0.4 is 14.8 Å². The summed E-state index contributed by atoms with van der Waals surface area (Å²) < 4.78 is 71.9. The Bertz CT molecular complexity index is 1150. The minimum absolute atomic E-state index is 0.0140. The largest absolute Gasteiger partial charge is 0.474 e. The van der Waals surface area contributed by atoms with Crippen LogP contribution in [0.2, 0.25) is 0 Å². The molecule has 1 heterocycles.